The third kappa shape index (κ3) is 12.0. The van der Waals surface area contributed by atoms with Crippen LogP contribution in [0.25, 0.3) is 0 Å². The highest BCUT2D eigenvalue weighted by Crippen LogP contribution is 2.56. The number of hydrogen-bond donors (Lipinski definition) is 1. The molecule has 0 aromatic heterocycles. The number of amides is 1. The number of hydrogen-bond acceptors (Lipinski definition) is 7. The molecule has 60 heavy (non-hydrogen) atoms. The van der Waals surface area contributed by atoms with Gasteiger partial charge in [-0.3, -0.25) is 10.1 Å². The molecule has 1 amide bonds. The molecule has 350 valence electrons. The van der Waals surface area contributed by atoms with E-state index < -0.39 is 141 Å². The van der Waals surface area contributed by atoms with Gasteiger partial charge in [0.2, 0.25) is 0 Å². The number of alkyl halides is 18. The maximum absolute atomic E-state index is 14.4. The van der Waals surface area contributed by atoms with Gasteiger partial charge in [-0.1, -0.05) is 13.8 Å². The highest BCUT2D eigenvalue weighted by Gasteiger charge is 2.82. The number of halogens is 18. The summed E-state index contributed by atoms with van der Waals surface area (Å²) in [7, 11) is 1.03. The van der Waals surface area contributed by atoms with Gasteiger partial charge >= 0.3 is 62.8 Å². The van der Waals surface area contributed by atoms with Crippen LogP contribution < -0.4 is 5.32 Å². The molecule has 0 bridgehead atoms. The summed E-state index contributed by atoms with van der Waals surface area (Å²) in [5.74, 6) is -41.9. The summed E-state index contributed by atoms with van der Waals surface area (Å²) in [4.78, 5) is 23.7. The monoisotopic (exact) mass is 934 g/mol. The smallest absolute Gasteiger partial charge is 0.441 e. The molecule has 0 saturated heterocycles. The number of rotatable bonds is 24. The SMILES string of the molecule is CO[Si](CCCCNC(=O)OC(c1cc(CCCC(F)(F)C(F)(F)C(F)(F)C(F)(F)F)c(CCCC(F)(F)C(F)(F)C(F)(F)C(F)(F)F)cc1[N+](=O)[O-])C(C)C)(OC)OC. The Morgan fingerprint density at radius 3 is 1.42 bits per heavy atom. The number of nitrogens with zero attached hydrogens (tertiary/aromatic N) is 1. The lowest BCUT2D eigenvalue weighted by Gasteiger charge is -2.34. The molecule has 0 aliphatic carbocycles. The van der Waals surface area contributed by atoms with Gasteiger partial charge in [-0.05, 0) is 61.6 Å². The summed E-state index contributed by atoms with van der Waals surface area (Å²) in [6.45, 7) is 2.52. The molecule has 0 heterocycles. The van der Waals surface area contributed by atoms with E-state index in [-0.39, 0.29) is 19.0 Å². The van der Waals surface area contributed by atoms with E-state index in [1.54, 1.807) is 0 Å². The second-order valence-electron chi connectivity index (χ2n) is 13.6. The number of alkyl carbamates (subject to hydrolysis) is 1. The van der Waals surface area contributed by atoms with Crippen LogP contribution in [0.4, 0.5) is 89.5 Å². The molecule has 0 aliphatic rings. The molecule has 0 spiro atoms. The van der Waals surface area contributed by atoms with Crippen molar-refractivity contribution in [3.8, 4) is 0 Å². The third-order valence-corrected chi connectivity index (χ3v) is 11.9. The minimum atomic E-state index is -7.28. The molecule has 1 atom stereocenters. The van der Waals surface area contributed by atoms with Crippen molar-refractivity contribution in [2.24, 2.45) is 5.92 Å². The van der Waals surface area contributed by atoms with Crippen molar-refractivity contribution in [1.82, 2.24) is 5.32 Å². The van der Waals surface area contributed by atoms with Gasteiger partial charge in [0.25, 0.3) is 5.69 Å². The Hall–Kier alpha value is -3.27. The van der Waals surface area contributed by atoms with Gasteiger partial charge in [-0.2, -0.15) is 79.0 Å². The predicted molar refractivity (Wildman–Crippen MR) is 174 cm³/mol. The maximum atomic E-state index is 14.4. The first kappa shape index (κ1) is 54.7. The molecule has 1 N–H and O–H groups in total. The second kappa shape index (κ2) is 19.8. The highest BCUT2D eigenvalue weighted by atomic mass is 28.4. The van der Waals surface area contributed by atoms with Crippen molar-refractivity contribution in [3.05, 3.63) is 38.9 Å². The van der Waals surface area contributed by atoms with Crippen molar-refractivity contribution < 1.29 is 107 Å². The molecule has 0 saturated carbocycles. The minimum Gasteiger partial charge on any atom is -0.441 e. The molecule has 28 heteroatoms. The summed E-state index contributed by atoms with van der Waals surface area (Å²) in [5, 5.41) is 14.5. The number of nitrogens with one attached hydrogen (secondary N) is 1. The van der Waals surface area contributed by atoms with E-state index in [2.05, 4.69) is 5.32 Å². The largest absolute Gasteiger partial charge is 0.500 e. The lowest BCUT2D eigenvalue weighted by molar-refractivity contribution is -0.396. The number of unbranched alkanes of at least 4 members (excludes halogenated alkanes) is 1. The molecule has 1 aromatic carbocycles. The lowest BCUT2D eigenvalue weighted by atomic mass is 9.88. The van der Waals surface area contributed by atoms with E-state index in [0.29, 0.717) is 18.6 Å². The van der Waals surface area contributed by atoms with Gasteiger partial charge in [0, 0.05) is 52.8 Å². The van der Waals surface area contributed by atoms with E-state index >= 15 is 0 Å². The van der Waals surface area contributed by atoms with E-state index in [4.69, 9.17) is 18.0 Å². The fraction of sp³-hybridized carbons (Fsp3) is 0.781. The fourth-order valence-electron chi connectivity index (χ4n) is 5.61. The number of benzene rings is 1. The van der Waals surface area contributed by atoms with Crippen LogP contribution in [0.3, 0.4) is 0 Å². The maximum Gasteiger partial charge on any atom is 0.500 e. The van der Waals surface area contributed by atoms with Crippen LogP contribution in [0.2, 0.25) is 6.04 Å². The van der Waals surface area contributed by atoms with Crippen LogP contribution >= 0.6 is 0 Å². The Morgan fingerprint density at radius 2 is 1.07 bits per heavy atom. The number of nitro groups is 1. The normalized spacial score (nSPS) is 14.7. The van der Waals surface area contributed by atoms with Crippen molar-refractivity contribution >= 4 is 20.6 Å². The van der Waals surface area contributed by atoms with Gasteiger partial charge in [0.05, 0.1) is 10.5 Å². The van der Waals surface area contributed by atoms with Crippen LogP contribution in [0, 0.1) is 16.0 Å². The molecule has 0 aliphatic heterocycles. The molecular formula is C32H40F18N2O7Si. The molecule has 1 unspecified atom stereocenters. The van der Waals surface area contributed by atoms with Crippen molar-refractivity contribution in [2.45, 2.75) is 125 Å². The van der Waals surface area contributed by atoms with Gasteiger partial charge in [0.15, 0.2) is 0 Å². The van der Waals surface area contributed by atoms with E-state index in [9.17, 15) is 93.9 Å². The number of aryl methyl sites for hydroxylation is 2. The first-order valence-electron chi connectivity index (χ1n) is 17.3. The van der Waals surface area contributed by atoms with Crippen molar-refractivity contribution in [1.29, 1.82) is 0 Å². The zero-order chi connectivity index (χ0) is 47.1. The first-order chi connectivity index (χ1) is 27.0. The first-order valence-corrected chi connectivity index (χ1v) is 19.2. The summed E-state index contributed by atoms with van der Waals surface area (Å²) in [6.07, 6.45) is -27.0. The van der Waals surface area contributed by atoms with Crippen LogP contribution in [0.15, 0.2) is 12.1 Å². The summed E-state index contributed by atoms with van der Waals surface area (Å²) in [6, 6.07) is 1.36. The molecular weight excluding hydrogens is 894 g/mol. The number of carbonyl (C=O) groups excluding carboxylic acids is 1. The van der Waals surface area contributed by atoms with Crippen LogP contribution in [-0.4, -0.2) is 95.6 Å². The van der Waals surface area contributed by atoms with Crippen LogP contribution in [-0.2, 0) is 30.9 Å². The Labute approximate surface area is 330 Å². The molecule has 0 fully saturated rings. The zero-order valence-electron chi connectivity index (χ0n) is 32.0. The van der Waals surface area contributed by atoms with Crippen molar-refractivity contribution in [2.75, 3.05) is 27.9 Å². The zero-order valence-corrected chi connectivity index (χ0v) is 33.0. The Kier molecular flexibility index (Phi) is 18.1. The number of carbonyl (C=O) groups is 1. The Morgan fingerprint density at radius 1 is 0.667 bits per heavy atom. The highest BCUT2D eigenvalue weighted by molar-refractivity contribution is 6.60. The van der Waals surface area contributed by atoms with E-state index in [0.717, 1.165) is 0 Å². The molecule has 0 radical (unpaired) electrons. The third-order valence-electron chi connectivity index (χ3n) is 9.10. The summed E-state index contributed by atoms with van der Waals surface area (Å²) < 4.78 is 263. The molecule has 9 nitrogen and oxygen atoms in total. The Bertz CT molecular complexity index is 1580. The van der Waals surface area contributed by atoms with Gasteiger partial charge < -0.3 is 23.3 Å². The topological polar surface area (TPSA) is 109 Å². The van der Waals surface area contributed by atoms with Gasteiger partial charge in [-0.25, -0.2) is 4.79 Å². The standard InChI is InChI=1S/C32H40F18N2O7Si/c1-18(2)23(59-24(53)51-14-6-7-15-60(56-3,57-4)58-5)21-16-19(10-8-12-25(33,34)27(37,38)29(41,42)31(45,46)47)20(17-22(21)52(54)55)11-9-13-26(35,36)28(39,40)30(43,44)32(48,49)50/h16-18,23H,6-15H2,1-5H3,(H,51,53). The number of ether oxygens (including phenoxy) is 1. The Balaban J connectivity index is 3.63. The van der Waals surface area contributed by atoms with Crippen LogP contribution in [0.5, 0.6) is 0 Å². The average Bonchev–Trinajstić information content (AvgIpc) is 3.11. The lowest BCUT2D eigenvalue weighted by Crippen LogP contribution is -2.60. The van der Waals surface area contributed by atoms with Gasteiger partial charge in [-0.15, -0.1) is 0 Å². The molecule has 1 aromatic rings. The van der Waals surface area contributed by atoms with Crippen molar-refractivity contribution in [3.63, 3.8) is 0 Å². The molecule has 1 rings (SSSR count). The quantitative estimate of drug-likeness (QED) is 0.0361. The fourth-order valence-corrected chi connectivity index (χ4v) is 7.40. The van der Waals surface area contributed by atoms with E-state index in [1.807, 2.05) is 0 Å². The predicted octanol–water partition coefficient (Wildman–Crippen LogP) is 11.3. The summed E-state index contributed by atoms with van der Waals surface area (Å²) >= 11 is 0. The van der Waals surface area contributed by atoms with E-state index in [1.165, 1.54) is 35.2 Å². The second-order valence-corrected chi connectivity index (χ2v) is 16.7. The van der Waals surface area contributed by atoms with Gasteiger partial charge in [0.1, 0.15) is 6.10 Å². The number of nitro benzene ring substituents is 1. The van der Waals surface area contributed by atoms with Crippen LogP contribution in [0.1, 0.15) is 75.2 Å². The summed E-state index contributed by atoms with van der Waals surface area (Å²) in [5.41, 5.74) is -3.08. The minimum absolute atomic E-state index is 0.0949. The average molecular weight is 935 g/mol.